The van der Waals surface area contributed by atoms with E-state index in [1.807, 2.05) is 6.92 Å². The van der Waals surface area contributed by atoms with Crippen LogP contribution in [0.15, 0.2) is 42.5 Å². The molecule has 2 aromatic rings. The molecule has 2 aromatic carbocycles. The number of halogens is 2. The van der Waals surface area contributed by atoms with Crippen LogP contribution in [0, 0.1) is 18.6 Å². The van der Waals surface area contributed by atoms with Crippen LogP contribution in [0.25, 0.3) is 0 Å². The van der Waals surface area contributed by atoms with Crippen molar-refractivity contribution in [2.45, 2.75) is 26.0 Å². The Kier molecular flexibility index (Phi) is 4.35. The van der Waals surface area contributed by atoms with Gasteiger partial charge in [0.25, 0.3) is 0 Å². The minimum absolute atomic E-state index is 0.310. The summed E-state index contributed by atoms with van der Waals surface area (Å²) in [6, 6.07) is 9.91. The van der Waals surface area contributed by atoms with Gasteiger partial charge in [-0.2, -0.15) is 0 Å². The zero-order valence-corrected chi connectivity index (χ0v) is 11.4. The molecule has 0 heterocycles. The van der Waals surface area contributed by atoms with E-state index in [1.54, 1.807) is 25.1 Å². The molecule has 4 heteroatoms. The second-order valence-corrected chi connectivity index (χ2v) is 4.81. The van der Waals surface area contributed by atoms with Crippen LogP contribution >= 0.6 is 0 Å². The highest BCUT2D eigenvalue weighted by atomic mass is 19.1. The van der Waals surface area contributed by atoms with Crippen molar-refractivity contribution >= 4 is 0 Å². The first-order chi connectivity index (χ1) is 9.47. The topological polar surface area (TPSA) is 35.2 Å². The monoisotopic (exact) mass is 277 g/mol. The maximum atomic E-state index is 13.2. The van der Waals surface area contributed by atoms with Crippen LogP contribution in [0.1, 0.15) is 24.1 Å². The second kappa shape index (κ2) is 6.01. The van der Waals surface area contributed by atoms with Crippen molar-refractivity contribution in [3.05, 3.63) is 65.2 Å². The standard InChI is InChI=1S/C16H17F2NO/c1-10-3-6-14(18)9-15(10)20-11(2)16(19)12-4-7-13(17)8-5-12/h3-9,11,16H,19H2,1-2H3. The second-order valence-electron chi connectivity index (χ2n) is 4.81. The first-order valence-electron chi connectivity index (χ1n) is 6.41. The van der Waals surface area contributed by atoms with Gasteiger partial charge in [-0.05, 0) is 43.2 Å². The van der Waals surface area contributed by atoms with Gasteiger partial charge in [0.2, 0.25) is 0 Å². The first-order valence-corrected chi connectivity index (χ1v) is 6.41. The Morgan fingerprint density at radius 2 is 1.60 bits per heavy atom. The van der Waals surface area contributed by atoms with E-state index in [-0.39, 0.29) is 17.7 Å². The summed E-state index contributed by atoms with van der Waals surface area (Å²) in [4.78, 5) is 0. The summed E-state index contributed by atoms with van der Waals surface area (Å²) in [5.41, 5.74) is 7.69. The molecule has 0 fully saturated rings. The van der Waals surface area contributed by atoms with Gasteiger partial charge in [-0.15, -0.1) is 0 Å². The lowest BCUT2D eigenvalue weighted by molar-refractivity contribution is 0.188. The summed E-state index contributed by atoms with van der Waals surface area (Å²) < 4.78 is 31.8. The SMILES string of the molecule is Cc1ccc(F)cc1OC(C)C(N)c1ccc(F)cc1. The van der Waals surface area contributed by atoms with Gasteiger partial charge in [-0.3, -0.25) is 0 Å². The third kappa shape index (κ3) is 3.33. The Morgan fingerprint density at radius 1 is 1.00 bits per heavy atom. The Labute approximate surface area is 117 Å². The fraction of sp³-hybridized carbons (Fsp3) is 0.250. The molecule has 0 saturated heterocycles. The van der Waals surface area contributed by atoms with Crippen LogP contribution in [0.2, 0.25) is 0 Å². The van der Waals surface area contributed by atoms with Crippen molar-refractivity contribution in [1.29, 1.82) is 0 Å². The molecule has 0 spiro atoms. The number of ether oxygens (including phenoxy) is 1. The number of benzene rings is 2. The van der Waals surface area contributed by atoms with Gasteiger partial charge in [-0.1, -0.05) is 18.2 Å². The molecule has 0 aromatic heterocycles. The summed E-state index contributed by atoms with van der Waals surface area (Å²) in [5.74, 6) is -0.196. The molecule has 20 heavy (non-hydrogen) atoms. The van der Waals surface area contributed by atoms with E-state index in [1.165, 1.54) is 24.3 Å². The summed E-state index contributed by atoms with van der Waals surface area (Å²) in [6.07, 6.45) is -0.360. The van der Waals surface area contributed by atoms with Crippen molar-refractivity contribution in [2.75, 3.05) is 0 Å². The maximum Gasteiger partial charge on any atom is 0.126 e. The van der Waals surface area contributed by atoms with Gasteiger partial charge < -0.3 is 10.5 Å². The van der Waals surface area contributed by atoms with Crippen molar-refractivity contribution in [1.82, 2.24) is 0 Å². The molecule has 0 saturated carbocycles. The molecule has 0 aliphatic heterocycles. The zero-order chi connectivity index (χ0) is 14.7. The predicted molar refractivity (Wildman–Crippen MR) is 74.6 cm³/mol. The van der Waals surface area contributed by atoms with E-state index in [4.69, 9.17) is 10.5 Å². The molecule has 106 valence electrons. The minimum atomic E-state index is -0.418. The van der Waals surface area contributed by atoms with Crippen LogP contribution in [-0.2, 0) is 0 Å². The molecule has 0 aliphatic carbocycles. The summed E-state index contributed by atoms with van der Waals surface area (Å²) in [7, 11) is 0. The largest absolute Gasteiger partial charge is 0.488 e. The number of rotatable bonds is 4. The van der Waals surface area contributed by atoms with Crippen LogP contribution in [-0.4, -0.2) is 6.10 Å². The molecule has 2 nitrogen and oxygen atoms in total. The molecule has 2 N–H and O–H groups in total. The van der Waals surface area contributed by atoms with E-state index < -0.39 is 6.04 Å². The molecule has 0 amide bonds. The van der Waals surface area contributed by atoms with Gasteiger partial charge in [0.05, 0.1) is 6.04 Å². The molecular formula is C16H17F2NO. The molecule has 0 bridgehead atoms. The Bertz CT molecular complexity index is 584. The van der Waals surface area contributed by atoms with Gasteiger partial charge >= 0.3 is 0 Å². The minimum Gasteiger partial charge on any atom is -0.488 e. The fourth-order valence-electron chi connectivity index (χ4n) is 1.93. The smallest absolute Gasteiger partial charge is 0.126 e. The quantitative estimate of drug-likeness (QED) is 0.924. The summed E-state index contributed by atoms with van der Waals surface area (Å²) in [6.45, 7) is 3.64. The van der Waals surface area contributed by atoms with Crippen LogP contribution < -0.4 is 10.5 Å². The summed E-state index contributed by atoms with van der Waals surface area (Å²) in [5, 5.41) is 0. The fourth-order valence-corrected chi connectivity index (χ4v) is 1.93. The van der Waals surface area contributed by atoms with Crippen molar-refractivity contribution in [3.8, 4) is 5.75 Å². The Balaban J connectivity index is 2.13. The molecule has 0 radical (unpaired) electrons. The Hall–Kier alpha value is -1.94. The molecule has 0 aliphatic rings. The van der Waals surface area contributed by atoms with Gasteiger partial charge in [0.15, 0.2) is 0 Å². The first kappa shape index (κ1) is 14.5. The highest BCUT2D eigenvalue weighted by Crippen LogP contribution is 2.24. The number of hydrogen-bond acceptors (Lipinski definition) is 2. The van der Waals surface area contributed by atoms with E-state index in [2.05, 4.69) is 0 Å². The van der Waals surface area contributed by atoms with Crippen LogP contribution in [0.3, 0.4) is 0 Å². The lowest BCUT2D eigenvalue weighted by atomic mass is 10.0. The van der Waals surface area contributed by atoms with Gasteiger partial charge in [-0.25, -0.2) is 8.78 Å². The van der Waals surface area contributed by atoms with E-state index >= 15 is 0 Å². The van der Waals surface area contributed by atoms with Crippen molar-refractivity contribution < 1.29 is 13.5 Å². The molecule has 2 rings (SSSR count). The van der Waals surface area contributed by atoms with E-state index in [0.29, 0.717) is 5.75 Å². The third-order valence-electron chi connectivity index (χ3n) is 3.22. The lowest BCUT2D eigenvalue weighted by Crippen LogP contribution is -2.29. The van der Waals surface area contributed by atoms with Gasteiger partial charge in [0.1, 0.15) is 23.5 Å². The summed E-state index contributed by atoms with van der Waals surface area (Å²) >= 11 is 0. The molecule has 2 atom stereocenters. The number of nitrogens with two attached hydrogens (primary N) is 1. The van der Waals surface area contributed by atoms with Gasteiger partial charge in [0, 0.05) is 6.07 Å². The number of hydrogen-bond donors (Lipinski definition) is 1. The zero-order valence-electron chi connectivity index (χ0n) is 11.4. The van der Waals surface area contributed by atoms with Crippen molar-refractivity contribution in [3.63, 3.8) is 0 Å². The molecular weight excluding hydrogens is 260 g/mol. The average Bonchev–Trinajstić information content (AvgIpc) is 2.43. The van der Waals surface area contributed by atoms with Crippen molar-refractivity contribution in [2.24, 2.45) is 5.73 Å². The van der Waals surface area contributed by atoms with E-state index in [9.17, 15) is 8.78 Å². The Morgan fingerprint density at radius 3 is 2.25 bits per heavy atom. The third-order valence-corrected chi connectivity index (χ3v) is 3.22. The van der Waals surface area contributed by atoms with E-state index in [0.717, 1.165) is 11.1 Å². The van der Waals surface area contributed by atoms with Crippen LogP contribution in [0.4, 0.5) is 8.78 Å². The predicted octanol–water partition coefficient (Wildman–Crippen LogP) is 3.74. The average molecular weight is 277 g/mol. The maximum absolute atomic E-state index is 13.2. The molecule has 2 unspecified atom stereocenters. The highest BCUT2D eigenvalue weighted by Gasteiger charge is 2.17. The lowest BCUT2D eigenvalue weighted by Gasteiger charge is -2.22. The highest BCUT2D eigenvalue weighted by molar-refractivity contribution is 5.33. The van der Waals surface area contributed by atoms with Crippen LogP contribution in [0.5, 0.6) is 5.75 Å². The normalized spacial score (nSPS) is 13.8. The number of aryl methyl sites for hydroxylation is 1.